The number of benzene rings is 1. The molecule has 0 spiro atoms. The maximum Gasteiger partial charge on any atom is 0.247 e. The number of halogens is 1. The van der Waals surface area contributed by atoms with Gasteiger partial charge in [-0.25, -0.2) is 10.5 Å². The van der Waals surface area contributed by atoms with E-state index in [1.807, 2.05) is 25.9 Å². The molecule has 0 aliphatic heterocycles. The van der Waals surface area contributed by atoms with Gasteiger partial charge in [0.05, 0.1) is 31.2 Å². The van der Waals surface area contributed by atoms with Crippen molar-refractivity contribution in [2.75, 3.05) is 51.5 Å². The molecule has 0 aliphatic rings. The Hall–Kier alpha value is -3.12. The maximum absolute atomic E-state index is 12.0. The third kappa shape index (κ3) is 8.03. The van der Waals surface area contributed by atoms with E-state index >= 15 is 0 Å². The van der Waals surface area contributed by atoms with E-state index in [0.717, 1.165) is 6.08 Å². The molecule has 1 unspecified atom stereocenters. The number of carbonyl (C=O) groups is 1. The van der Waals surface area contributed by atoms with Crippen molar-refractivity contribution in [2.45, 2.75) is 19.4 Å². The van der Waals surface area contributed by atoms with Gasteiger partial charge in [-0.2, -0.15) is 4.98 Å². The predicted octanol–water partition coefficient (Wildman–Crippen LogP) is 3.08. The molecule has 0 bridgehead atoms. The van der Waals surface area contributed by atoms with Crippen LogP contribution in [-0.2, 0) is 4.79 Å². The van der Waals surface area contributed by atoms with E-state index in [2.05, 4.69) is 32.7 Å². The second-order valence-electron chi connectivity index (χ2n) is 7.38. The number of methoxy groups -OCH3 is 1. The molecule has 4 N–H and O–H groups in total. The fourth-order valence-electron chi connectivity index (χ4n) is 2.71. The molecular formula is C22H31ClN6O5. The van der Waals surface area contributed by atoms with Crippen LogP contribution in [0.5, 0.6) is 17.4 Å². The molecule has 2 aromatic rings. The zero-order chi connectivity index (χ0) is 25.1. The predicted molar refractivity (Wildman–Crippen MR) is 131 cm³/mol. The van der Waals surface area contributed by atoms with Crippen LogP contribution in [0.2, 0.25) is 5.02 Å². The molecule has 11 nitrogen and oxygen atoms in total. The van der Waals surface area contributed by atoms with Gasteiger partial charge in [0, 0.05) is 12.6 Å². The average Bonchev–Trinajstić information content (AvgIpc) is 2.81. The minimum Gasteiger partial charge on any atom is -0.494 e. The molecule has 0 saturated carbocycles. The van der Waals surface area contributed by atoms with Crippen molar-refractivity contribution in [1.82, 2.24) is 20.3 Å². The number of hydrogen-bond donors (Lipinski definition) is 4. The lowest BCUT2D eigenvalue weighted by Gasteiger charge is -2.19. The summed E-state index contributed by atoms with van der Waals surface area (Å²) < 4.78 is 17.1. The van der Waals surface area contributed by atoms with E-state index in [0.29, 0.717) is 42.4 Å². The molecule has 1 heterocycles. The van der Waals surface area contributed by atoms with Crippen molar-refractivity contribution in [3.8, 4) is 17.4 Å². The first-order valence-corrected chi connectivity index (χ1v) is 10.9. The number of likely N-dealkylation sites (N-methyl/N-ethyl adjacent to an activating group) is 1. The summed E-state index contributed by atoms with van der Waals surface area (Å²) >= 11 is 6.19. The van der Waals surface area contributed by atoms with Crippen molar-refractivity contribution in [2.24, 2.45) is 0 Å². The van der Waals surface area contributed by atoms with Gasteiger partial charge in [-0.1, -0.05) is 25.1 Å². The molecule has 1 amide bonds. The van der Waals surface area contributed by atoms with E-state index in [-0.39, 0.29) is 29.5 Å². The second-order valence-corrected chi connectivity index (χ2v) is 7.78. The number of anilines is 3. The van der Waals surface area contributed by atoms with E-state index in [1.54, 1.807) is 12.1 Å². The molecule has 0 aliphatic carbocycles. The number of carbonyl (C=O) groups excluding carboxylic acids is 1. The molecule has 0 fully saturated rings. The molecule has 12 heteroatoms. The van der Waals surface area contributed by atoms with Crippen LogP contribution in [0, 0.1) is 0 Å². The Morgan fingerprint density at radius 3 is 2.71 bits per heavy atom. The van der Waals surface area contributed by atoms with Gasteiger partial charge >= 0.3 is 0 Å². The molecule has 0 saturated heterocycles. The Balaban J connectivity index is 2.36. The molecule has 2 rings (SSSR count). The van der Waals surface area contributed by atoms with Gasteiger partial charge in [-0.3, -0.25) is 4.79 Å². The molecule has 1 aromatic carbocycles. The molecule has 34 heavy (non-hydrogen) atoms. The largest absolute Gasteiger partial charge is 0.494 e. The minimum absolute atomic E-state index is 0.157. The molecule has 1 atom stereocenters. The highest BCUT2D eigenvalue weighted by molar-refractivity contribution is 6.31. The van der Waals surface area contributed by atoms with Crippen molar-refractivity contribution < 1.29 is 24.2 Å². The SMILES string of the molecule is C=CC(=O)Nc1cc(Nc2ncc(Cl)c(OC(CC)CNO)n2)c(OC)cc1OCCN(C)C. The van der Waals surface area contributed by atoms with Crippen molar-refractivity contribution in [3.63, 3.8) is 0 Å². The van der Waals surface area contributed by atoms with Crippen LogP contribution < -0.4 is 30.3 Å². The Labute approximate surface area is 204 Å². The summed E-state index contributed by atoms with van der Waals surface area (Å²) in [5, 5.41) is 15.0. The third-order valence-corrected chi connectivity index (χ3v) is 4.81. The lowest BCUT2D eigenvalue weighted by molar-refractivity contribution is -0.111. The standard InChI is InChI=1S/C22H31ClN6O5/c1-6-14(12-25-31)34-21-15(23)13-24-22(28-21)27-16-10-17(26-20(30)7-2)19(11-18(16)32-5)33-9-8-29(3)4/h7,10-11,13-14,25,31H,2,6,8-9,12H2,1,3-5H3,(H,26,30)(H,24,27,28). The summed E-state index contributed by atoms with van der Waals surface area (Å²) in [5.74, 6) is 0.821. The first kappa shape index (κ1) is 27.1. The third-order valence-electron chi connectivity index (χ3n) is 4.55. The summed E-state index contributed by atoms with van der Waals surface area (Å²) in [5.41, 5.74) is 2.97. The van der Waals surface area contributed by atoms with Crippen LogP contribution in [0.25, 0.3) is 0 Å². The Bertz CT molecular complexity index is 975. The monoisotopic (exact) mass is 494 g/mol. The Kier molecular flexibility index (Phi) is 10.8. The number of nitrogens with one attached hydrogen (secondary N) is 3. The van der Waals surface area contributed by atoms with Crippen LogP contribution in [0.1, 0.15) is 13.3 Å². The summed E-state index contributed by atoms with van der Waals surface area (Å²) in [6, 6.07) is 3.30. The fourth-order valence-corrected chi connectivity index (χ4v) is 2.85. The molecule has 1 aromatic heterocycles. The van der Waals surface area contributed by atoms with Crippen LogP contribution >= 0.6 is 11.6 Å². The molecule has 0 radical (unpaired) electrons. The summed E-state index contributed by atoms with van der Waals surface area (Å²) in [6.07, 6.45) is 2.83. The van der Waals surface area contributed by atoms with E-state index < -0.39 is 5.91 Å². The smallest absolute Gasteiger partial charge is 0.247 e. The fraction of sp³-hybridized carbons (Fsp3) is 0.409. The number of rotatable bonds is 14. The van der Waals surface area contributed by atoms with Crippen molar-refractivity contribution >= 4 is 34.8 Å². The lowest BCUT2D eigenvalue weighted by Crippen LogP contribution is -2.29. The number of hydrogen-bond acceptors (Lipinski definition) is 10. The zero-order valence-corrected chi connectivity index (χ0v) is 20.5. The first-order chi connectivity index (χ1) is 16.3. The summed E-state index contributed by atoms with van der Waals surface area (Å²) in [7, 11) is 5.38. The van der Waals surface area contributed by atoms with Gasteiger partial charge < -0.3 is 35.0 Å². The minimum atomic E-state index is -0.393. The van der Waals surface area contributed by atoms with Crippen LogP contribution in [-0.4, -0.2) is 73.0 Å². The van der Waals surface area contributed by atoms with Crippen LogP contribution in [0.15, 0.2) is 31.0 Å². The van der Waals surface area contributed by atoms with Gasteiger partial charge in [0.25, 0.3) is 0 Å². The van der Waals surface area contributed by atoms with Gasteiger partial charge in [0.1, 0.15) is 29.2 Å². The summed E-state index contributed by atoms with van der Waals surface area (Å²) in [6.45, 7) is 6.69. The second kappa shape index (κ2) is 13.6. The van der Waals surface area contributed by atoms with Crippen molar-refractivity contribution in [3.05, 3.63) is 36.0 Å². The number of nitrogens with zero attached hydrogens (tertiary/aromatic N) is 3. The van der Waals surface area contributed by atoms with Gasteiger partial charge in [0.15, 0.2) is 0 Å². The van der Waals surface area contributed by atoms with Crippen LogP contribution in [0.3, 0.4) is 0 Å². The summed E-state index contributed by atoms with van der Waals surface area (Å²) in [4.78, 5) is 22.5. The number of amides is 1. The highest BCUT2D eigenvalue weighted by Crippen LogP contribution is 2.38. The Morgan fingerprint density at radius 2 is 2.09 bits per heavy atom. The number of ether oxygens (including phenoxy) is 3. The number of hydroxylamine groups is 1. The van der Waals surface area contributed by atoms with E-state index in [4.69, 9.17) is 31.0 Å². The first-order valence-electron chi connectivity index (χ1n) is 10.6. The number of aromatic nitrogens is 2. The lowest BCUT2D eigenvalue weighted by atomic mass is 10.2. The van der Waals surface area contributed by atoms with Crippen molar-refractivity contribution in [1.29, 1.82) is 0 Å². The Morgan fingerprint density at radius 1 is 1.32 bits per heavy atom. The average molecular weight is 495 g/mol. The van der Waals surface area contributed by atoms with Gasteiger partial charge in [-0.15, -0.1) is 0 Å². The maximum atomic E-state index is 12.0. The highest BCUT2D eigenvalue weighted by Gasteiger charge is 2.17. The topological polar surface area (TPSA) is 130 Å². The molecular weight excluding hydrogens is 464 g/mol. The van der Waals surface area contributed by atoms with Gasteiger partial charge in [0.2, 0.25) is 17.7 Å². The van der Waals surface area contributed by atoms with Crippen LogP contribution in [0.4, 0.5) is 17.3 Å². The zero-order valence-electron chi connectivity index (χ0n) is 19.7. The van der Waals surface area contributed by atoms with Gasteiger partial charge in [-0.05, 0) is 32.7 Å². The van der Waals surface area contributed by atoms with E-state index in [9.17, 15) is 4.79 Å². The normalized spacial score (nSPS) is 11.6. The quantitative estimate of drug-likeness (QED) is 0.229. The highest BCUT2D eigenvalue weighted by atomic mass is 35.5. The van der Waals surface area contributed by atoms with E-state index in [1.165, 1.54) is 13.3 Å². The molecule has 186 valence electrons.